The summed E-state index contributed by atoms with van der Waals surface area (Å²) in [5.74, 6) is 0.531. The highest BCUT2D eigenvalue weighted by atomic mass is 32.2. The Kier molecular flexibility index (Phi) is 5.73. The predicted octanol–water partition coefficient (Wildman–Crippen LogP) is 2.86. The molecule has 0 atom stereocenters. The second kappa shape index (κ2) is 6.87. The van der Waals surface area contributed by atoms with Gasteiger partial charge in [-0.2, -0.15) is 9.57 Å². The lowest BCUT2D eigenvalue weighted by molar-refractivity contribution is 0.333. The molecular weight excluding hydrogens is 272 g/mol. The van der Waals surface area contributed by atoms with E-state index in [9.17, 15) is 8.42 Å². The molecule has 0 aromatic heterocycles. The average molecular weight is 294 g/mol. The summed E-state index contributed by atoms with van der Waals surface area (Å²) in [7, 11) is -3.49. The highest BCUT2D eigenvalue weighted by Gasteiger charge is 2.25. The Balaban J connectivity index is 3.11. The Morgan fingerprint density at radius 2 is 1.50 bits per heavy atom. The molecule has 110 valence electrons. The first kappa shape index (κ1) is 16.7. The Hall–Kier alpha value is -1.38. The molecular formula is C15H22N2O2S. The number of nitrogens with zero attached hydrogens (tertiary/aromatic N) is 2. The number of hydrogen-bond acceptors (Lipinski definition) is 3. The van der Waals surface area contributed by atoms with Crippen molar-refractivity contribution in [2.45, 2.75) is 32.6 Å². The van der Waals surface area contributed by atoms with Gasteiger partial charge in [0.05, 0.1) is 16.5 Å². The molecule has 0 aliphatic heterocycles. The van der Waals surface area contributed by atoms with E-state index in [1.807, 2.05) is 33.8 Å². The minimum atomic E-state index is -3.49. The molecule has 1 aromatic carbocycles. The van der Waals surface area contributed by atoms with Gasteiger partial charge in [-0.1, -0.05) is 27.7 Å². The van der Waals surface area contributed by atoms with E-state index in [0.29, 0.717) is 18.7 Å². The van der Waals surface area contributed by atoms with Gasteiger partial charge in [0.2, 0.25) is 10.0 Å². The van der Waals surface area contributed by atoms with Crippen molar-refractivity contribution >= 4 is 10.0 Å². The zero-order valence-corrected chi connectivity index (χ0v) is 13.3. The number of hydrogen-bond donors (Lipinski definition) is 0. The van der Waals surface area contributed by atoms with E-state index in [4.69, 9.17) is 5.26 Å². The Morgan fingerprint density at radius 1 is 1.05 bits per heavy atom. The Bertz CT molecular complexity index is 559. The molecule has 20 heavy (non-hydrogen) atoms. The van der Waals surface area contributed by atoms with Crippen LogP contribution < -0.4 is 0 Å². The van der Waals surface area contributed by atoms with Crippen molar-refractivity contribution in [2.24, 2.45) is 11.8 Å². The van der Waals surface area contributed by atoms with Crippen LogP contribution in [-0.4, -0.2) is 25.8 Å². The fraction of sp³-hybridized carbons (Fsp3) is 0.533. The molecule has 1 aromatic rings. The van der Waals surface area contributed by atoms with Gasteiger partial charge >= 0.3 is 0 Å². The Morgan fingerprint density at radius 3 is 1.85 bits per heavy atom. The smallest absolute Gasteiger partial charge is 0.207 e. The van der Waals surface area contributed by atoms with E-state index in [1.54, 1.807) is 0 Å². The van der Waals surface area contributed by atoms with Crippen LogP contribution in [0.15, 0.2) is 29.2 Å². The third-order valence-corrected chi connectivity index (χ3v) is 4.60. The maximum atomic E-state index is 12.6. The molecule has 0 aliphatic rings. The Labute approximate surface area is 122 Å². The number of rotatable bonds is 6. The summed E-state index contributed by atoms with van der Waals surface area (Å²) in [4.78, 5) is 0.248. The molecule has 0 amide bonds. The normalized spacial score (nSPS) is 12.1. The van der Waals surface area contributed by atoms with Crippen LogP contribution >= 0.6 is 0 Å². The zero-order valence-electron chi connectivity index (χ0n) is 12.5. The summed E-state index contributed by atoms with van der Waals surface area (Å²) >= 11 is 0. The molecule has 0 saturated carbocycles. The molecule has 0 heterocycles. The second-order valence-corrected chi connectivity index (χ2v) is 7.68. The third kappa shape index (κ3) is 4.32. The van der Waals surface area contributed by atoms with Crippen molar-refractivity contribution in [3.63, 3.8) is 0 Å². The first-order valence-corrected chi connectivity index (χ1v) is 8.21. The van der Waals surface area contributed by atoms with Gasteiger partial charge in [0.1, 0.15) is 0 Å². The van der Waals surface area contributed by atoms with Crippen LogP contribution in [0.5, 0.6) is 0 Å². The summed E-state index contributed by atoms with van der Waals surface area (Å²) in [6.07, 6.45) is 0. The summed E-state index contributed by atoms with van der Waals surface area (Å²) in [5, 5.41) is 8.77. The largest absolute Gasteiger partial charge is 0.243 e. The van der Waals surface area contributed by atoms with Gasteiger partial charge < -0.3 is 0 Å². The summed E-state index contributed by atoms with van der Waals surface area (Å²) in [6.45, 7) is 9.01. The van der Waals surface area contributed by atoms with E-state index in [-0.39, 0.29) is 16.7 Å². The maximum Gasteiger partial charge on any atom is 0.243 e. The van der Waals surface area contributed by atoms with Crippen molar-refractivity contribution in [3.8, 4) is 6.07 Å². The van der Waals surface area contributed by atoms with E-state index in [1.165, 1.54) is 28.6 Å². The summed E-state index contributed by atoms with van der Waals surface area (Å²) in [6, 6.07) is 8.07. The van der Waals surface area contributed by atoms with Gasteiger partial charge in [-0.3, -0.25) is 0 Å². The molecule has 0 fully saturated rings. The quantitative estimate of drug-likeness (QED) is 0.810. The molecule has 0 N–H and O–H groups in total. The van der Waals surface area contributed by atoms with Crippen LogP contribution in [0.25, 0.3) is 0 Å². The summed E-state index contributed by atoms with van der Waals surface area (Å²) < 4.78 is 26.8. The van der Waals surface area contributed by atoms with Gasteiger partial charge in [0.15, 0.2) is 0 Å². The molecule has 0 spiro atoms. The van der Waals surface area contributed by atoms with Crippen molar-refractivity contribution in [2.75, 3.05) is 13.1 Å². The zero-order chi connectivity index (χ0) is 15.3. The molecule has 0 aliphatic carbocycles. The molecule has 0 radical (unpaired) electrons. The van der Waals surface area contributed by atoms with Crippen LogP contribution in [0.1, 0.15) is 33.3 Å². The van der Waals surface area contributed by atoms with E-state index in [2.05, 4.69) is 0 Å². The fourth-order valence-corrected chi connectivity index (χ4v) is 3.70. The minimum absolute atomic E-state index is 0.248. The maximum absolute atomic E-state index is 12.6. The van der Waals surface area contributed by atoms with Crippen LogP contribution in [0.2, 0.25) is 0 Å². The first-order valence-electron chi connectivity index (χ1n) is 6.77. The van der Waals surface area contributed by atoms with E-state index >= 15 is 0 Å². The van der Waals surface area contributed by atoms with Gasteiger partial charge in [-0.25, -0.2) is 8.42 Å². The van der Waals surface area contributed by atoms with Crippen molar-refractivity contribution in [3.05, 3.63) is 29.8 Å². The van der Waals surface area contributed by atoms with E-state index in [0.717, 1.165) is 0 Å². The lowest BCUT2D eigenvalue weighted by Gasteiger charge is -2.25. The van der Waals surface area contributed by atoms with Crippen LogP contribution in [0.3, 0.4) is 0 Å². The number of sulfonamides is 1. The van der Waals surface area contributed by atoms with Gasteiger partial charge in [0.25, 0.3) is 0 Å². The van der Waals surface area contributed by atoms with Crippen LogP contribution in [-0.2, 0) is 10.0 Å². The van der Waals surface area contributed by atoms with Crippen molar-refractivity contribution in [1.29, 1.82) is 5.26 Å². The number of benzene rings is 1. The van der Waals surface area contributed by atoms with Crippen molar-refractivity contribution < 1.29 is 8.42 Å². The lowest BCUT2D eigenvalue weighted by Crippen LogP contribution is -2.37. The molecule has 5 heteroatoms. The summed E-state index contributed by atoms with van der Waals surface area (Å²) in [5.41, 5.74) is 0.461. The SMILES string of the molecule is CC(C)CN(CC(C)C)S(=O)(=O)c1ccc(C#N)cc1. The lowest BCUT2D eigenvalue weighted by atomic mass is 10.2. The fourth-order valence-electron chi connectivity index (χ4n) is 1.94. The van der Waals surface area contributed by atoms with Gasteiger partial charge in [-0.05, 0) is 36.1 Å². The first-order chi connectivity index (χ1) is 9.27. The molecule has 0 bridgehead atoms. The monoisotopic (exact) mass is 294 g/mol. The molecule has 4 nitrogen and oxygen atoms in total. The predicted molar refractivity (Wildman–Crippen MR) is 79.6 cm³/mol. The minimum Gasteiger partial charge on any atom is -0.207 e. The third-order valence-electron chi connectivity index (χ3n) is 2.76. The second-order valence-electron chi connectivity index (χ2n) is 5.75. The van der Waals surface area contributed by atoms with Gasteiger partial charge in [-0.15, -0.1) is 0 Å². The van der Waals surface area contributed by atoms with Crippen molar-refractivity contribution in [1.82, 2.24) is 4.31 Å². The van der Waals surface area contributed by atoms with Crippen LogP contribution in [0.4, 0.5) is 0 Å². The average Bonchev–Trinajstić information content (AvgIpc) is 2.37. The number of nitriles is 1. The molecule has 1 rings (SSSR count). The standard InChI is InChI=1S/C15H22N2O2S/c1-12(2)10-17(11-13(3)4)20(18,19)15-7-5-14(9-16)6-8-15/h5-8,12-13H,10-11H2,1-4H3. The molecule has 0 saturated heterocycles. The highest BCUT2D eigenvalue weighted by Crippen LogP contribution is 2.19. The van der Waals surface area contributed by atoms with Crippen LogP contribution in [0, 0.1) is 23.2 Å². The van der Waals surface area contributed by atoms with E-state index < -0.39 is 10.0 Å². The van der Waals surface area contributed by atoms with Gasteiger partial charge in [0, 0.05) is 13.1 Å². The highest BCUT2D eigenvalue weighted by molar-refractivity contribution is 7.89. The topological polar surface area (TPSA) is 61.2 Å². The molecule has 0 unspecified atom stereocenters.